The summed E-state index contributed by atoms with van der Waals surface area (Å²) in [6, 6.07) is 7.78. The first kappa shape index (κ1) is 13.8. The van der Waals surface area contributed by atoms with E-state index in [9.17, 15) is 0 Å². The Labute approximate surface area is 110 Å². The quantitative estimate of drug-likeness (QED) is 0.647. The van der Waals surface area contributed by atoms with Gasteiger partial charge in [-0.1, -0.05) is 18.2 Å². The highest BCUT2D eigenvalue weighted by molar-refractivity contribution is 9.10. The average Bonchev–Trinajstić information content (AvgIpc) is 2.28. The van der Waals surface area contributed by atoms with E-state index >= 15 is 0 Å². The molecular weight excluding hydrogens is 280 g/mol. The highest BCUT2D eigenvalue weighted by atomic mass is 79.9. The number of benzene rings is 1. The van der Waals surface area contributed by atoms with E-state index in [1.165, 1.54) is 0 Å². The highest BCUT2D eigenvalue weighted by Gasteiger charge is 2.04. The van der Waals surface area contributed by atoms with Crippen LogP contribution in [0, 0.1) is 11.3 Å². The van der Waals surface area contributed by atoms with Gasteiger partial charge in [0.1, 0.15) is 6.07 Å². The second-order valence-electron chi connectivity index (χ2n) is 3.71. The van der Waals surface area contributed by atoms with Gasteiger partial charge < -0.3 is 10.1 Å². The summed E-state index contributed by atoms with van der Waals surface area (Å²) in [5, 5.41) is 12.2. The Morgan fingerprint density at radius 3 is 3.00 bits per heavy atom. The van der Waals surface area contributed by atoms with Crippen molar-refractivity contribution in [1.29, 1.82) is 5.26 Å². The first-order valence-electron chi connectivity index (χ1n) is 5.29. The Hall–Kier alpha value is -1.31. The average molecular weight is 295 g/mol. The zero-order chi connectivity index (χ0) is 12.7. The maximum Gasteiger partial charge on any atom is 0.103 e. The van der Waals surface area contributed by atoms with Crippen molar-refractivity contribution in [2.24, 2.45) is 0 Å². The summed E-state index contributed by atoms with van der Waals surface area (Å²) in [7, 11) is 0. The minimum Gasteiger partial charge on any atom is -0.382 e. The van der Waals surface area contributed by atoms with Crippen LogP contribution in [0.25, 0.3) is 0 Å². The lowest BCUT2D eigenvalue weighted by Gasteiger charge is -2.09. The zero-order valence-electron chi connectivity index (χ0n) is 9.79. The van der Waals surface area contributed by atoms with Crippen molar-refractivity contribution in [2.75, 3.05) is 25.1 Å². The van der Waals surface area contributed by atoms with E-state index in [1.807, 2.05) is 25.1 Å². The molecule has 0 saturated heterocycles. The standard InChI is InChI=1S/C13H15BrN2O/c1-10(2)9-17-7-6-16-13-5-3-4-12(14)11(13)8-15/h3-5,16H,1,6-7,9H2,2H3. The molecule has 4 heteroatoms. The Bertz CT molecular complexity index is 438. The van der Waals surface area contributed by atoms with Crippen LogP contribution in [0.1, 0.15) is 12.5 Å². The summed E-state index contributed by atoms with van der Waals surface area (Å²) in [5.41, 5.74) is 2.44. The number of anilines is 1. The maximum atomic E-state index is 9.01. The molecule has 0 amide bonds. The minimum absolute atomic E-state index is 0.575. The van der Waals surface area contributed by atoms with E-state index in [-0.39, 0.29) is 0 Å². The Morgan fingerprint density at radius 2 is 2.35 bits per heavy atom. The molecule has 0 atom stereocenters. The third-order valence-corrected chi connectivity index (χ3v) is 2.70. The van der Waals surface area contributed by atoms with Gasteiger partial charge in [0.25, 0.3) is 0 Å². The largest absolute Gasteiger partial charge is 0.382 e. The molecule has 17 heavy (non-hydrogen) atoms. The number of nitrogens with zero attached hydrogens (tertiary/aromatic N) is 1. The van der Waals surface area contributed by atoms with Crippen molar-refractivity contribution in [1.82, 2.24) is 0 Å². The summed E-state index contributed by atoms with van der Waals surface area (Å²) in [5.74, 6) is 0. The lowest BCUT2D eigenvalue weighted by Crippen LogP contribution is -2.11. The SMILES string of the molecule is C=C(C)COCCNc1cccc(Br)c1C#N. The predicted molar refractivity (Wildman–Crippen MR) is 73.0 cm³/mol. The van der Waals surface area contributed by atoms with Crippen LogP contribution in [0.5, 0.6) is 0 Å². The lowest BCUT2D eigenvalue weighted by atomic mass is 10.2. The van der Waals surface area contributed by atoms with Crippen LogP contribution in [-0.2, 0) is 4.74 Å². The lowest BCUT2D eigenvalue weighted by molar-refractivity contribution is 0.167. The van der Waals surface area contributed by atoms with Gasteiger partial charge in [0.15, 0.2) is 0 Å². The molecule has 0 radical (unpaired) electrons. The monoisotopic (exact) mass is 294 g/mol. The molecule has 0 spiro atoms. The Kier molecular flexibility index (Phi) is 5.75. The number of hydrogen-bond donors (Lipinski definition) is 1. The third-order valence-electron chi connectivity index (χ3n) is 2.04. The van der Waals surface area contributed by atoms with E-state index in [0.717, 1.165) is 15.7 Å². The minimum atomic E-state index is 0.575. The van der Waals surface area contributed by atoms with E-state index in [1.54, 1.807) is 0 Å². The van der Waals surface area contributed by atoms with Crippen molar-refractivity contribution in [3.8, 4) is 6.07 Å². The fraction of sp³-hybridized carbons (Fsp3) is 0.308. The van der Waals surface area contributed by atoms with Gasteiger partial charge >= 0.3 is 0 Å². The van der Waals surface area contributed by atoms with E-state index < -0.39 is 0 Å². The molecule has 3 nitrogen and oxygen atoms in total. The van der Waals surface area contributed by atoms with Gasteiger partial charge in [0, 0.05) is 11.0 Å². The first-order chi connectivity index (χ1) is 8.15. The summed E-state index contributed by atoms with van der Waals surface area (Å²) in [4.78, 5) is 0. The van der Waals surface area contributed by atoms with Gasteiger partial charge in [-0.2, -0.15) is 5.26 Å². The summed E-state index contributed by atoms with van der Waals surface area (Å²) in [6.07, 6.45) is 0. The molecule has 1 rings (SSSR count). The fourth-order valence-electron chi connectivity index (χ4n) is 1.29. The maximum absolute atomic E-state index is 9.01. The van der Waals surface area contributed by atoms with Crippen LogP contribution >= 0.6 is 15.9 Å². The van der Waals surface area contributed by atoms with Crippen LogP contribution in [0.4, 0.5) is 5.69 Å². The molecule has 0 bridgehead atoms. The van der Waals surface area contributed by atoms with Crippen LogP contribution in [0.3, 0.4) is 0 Å². The third kappa shape index (κ3) is 4.59. The molecule has 0 aliphatic heterocycles. The van der Waals surface area contributed by atoms with Crippen LogP contribution in [0.2, 0.25) is 0 Å². The molecule has 1 aromatic carbocycles. The number of halogens is 1. The molecule has 0 saturated carbocycles. The van der Waals surface area contributed by atoms with Crippen LogP contribution in [-0.4, -0.2) is 19.8 Å². The van der Waals surface area contributed by atoms with E-state index in [2.05, 4.69) is 33.9 Å². The molecule has 90 valence electrons. The van der Waals surface area contributed by atoms with Crippen molar-refractivity contribution < 1.29 is 4.74 Å². The van der Waals surface area contributed by atoms with Crippen molar-refractivity contribution in [2.45, 2.75) is 6.92 Å². The predicted octanol–water partition coefficient (Wildman–Crippen LogP) is 3.33. The molecule has 0 heterocycles. The van der Waals surface area contributed by atoms with Crippen LogP contribution < -0.4 is 5.32 Å². The van der Waals surface area contributed by atoms with Crippen LogP contribution in [0.15, 0.2) is 34.8 Å². The molecule has 0 aliphatic carbocycles. The van der Waals surface area contributed by atoms with Gasteiger partial charge in [0.2, 0.25) is 0 Å². The van der Waals surface area contributed by atoms with Crippen molar-refractivity contribution in [3.63, 3.8) is 0 Å². The van der Waals surface area contributed by atoms with Gasteiger partial charge in [-0.05, 0) is 35.0 Å². The molecule has 0 aliphatic rings. The molecular formula is C13H15BrN2O. The zero-order valence-corrected chi connectivity index (χ0v) is 11.4. The summed E-state index contributed by atoms with van der Waals surface area (Å²) < 4.78 is 6.16. The first-order valence-corrected chi connectivity index (χ1v) is 6.09. The molecule has 0 aromatic heterocycles. The Balaban J connectivity index is 2.45. The van der Waals surface area contributed by atoms with Gasteiger partial charge in [-0.15, -0.1) is 0 Å². The molecule has 0 unspecified atom stereocenters. The molecule has 1 N–H and O–H groups in total. The molecule has 0 fully saturated rings. The second-order valence-corrected chi connectivity index (χ2v) is 4.57. The normalized spacial score (nSPS) is 9.71. The smallest absolute Gasteiger partial charge is 0.103 e. The number of nitriles is 1. The molecule has 1 aromatic rings. The number of nitrogens with one attached hydrogen (secondary N) is 1. The fourth-order valence-corrected chi connectivity index (χ4v) is 1.74. The number of rotatable bonds is 6. The van der Waals surface area contributed by atoms with Crippen molar-refractivity contribution >= 4 is 21.6 Å². The second kappa shape index (κ2) is 7.10. The number of ether oxygens (including phenoxy) is 1. The summed E-state index contributed by atoms with van der Waals surface area (Å²) in [6.45, 7) is 7.51. The number of hydrogen-bond acceptors (Lipinski definition) is 3. The topological polar surface area (TPSA) is 45.0 Å². The van der Waals surface area contributed by atoms with E-state index in [4.69, 9.17) is 10.00 Å². The van der Waals surface area contributed by atoms with E-state index in [0.29, 0.717) is 25.3 Å². The van der Waals surface area contributed by atoms with Crippen molar-refractivity contribution in [3.05, 3.63) is 40.4 Å². The Morgan fingerprint density at radius 1 is 1.59 bits per heavy atom. The van der Waals surface area contributed by atoms with Gasteiger partial charge in [0.05, 0.1) is 24.5 Å². The summed E-state index contributed by atoms with van der Waals surface area (Å²) >= 11 is 3.34. The highest BCUT2D eigenvalue weighted by Crippen LogP contribution is 2.23. The van der Waals surface area contributed by atoms with Gasteiger partial charge in [-0.25, -0.2) is 0 Å². The van der Waals surface area contributed by atoms with Gasteiger partial charge in [-0.3, -0.25) is 0 Å².